The van der Waals surface area contributed by atoms with Gasteiger partial charge in [-0.2, -0.15) is 11.8 Å². The molecule has 0 heterocycles. The summed E-state index contributed by atoms with van der Waals surface area (Å²) in [6.45, 7) is 2.87. The number of rotatable bonds is 6. The Kier molecular flexibility index (Phi) is 6.68. The van der Waals surface area contributed by atoms with Crippen LogP contribution < -0.4 is 10.6 Å². The van der Waals surface area contributed by atoms with Crippen LogP contribution in [0.2, 0.25) is 0 Å². The van der Waals surface area contributed by atoms with Crippen molar-refractivity contribution in [3.05, 3.63) is 65.5 Å². The lowest BCUT2D eigenvalue weighted by Crippen LogP contribution is -2.30. The largest absolute Gasteiger partial charge is 0.362 e. The molecular formula is C17H19FN2S2. The highest BCUT2D eigenvalue weighted by Crippen LogP contribution is 2.15. The van der Waals surface area contributed by atoms with Crippen LogP contribution in [0.1, 0.15) is 11.1 Å². The minimum absolute atomic E-state index is 0.305. The van der Waals surface area contributed by atoms with Crippen molar-refractivity contribution in [3.8, 4) is 0 Å². The van der Waals surface area contributed by atoms with Gasteiger partial charge in [-0.3, -0.25) is 0 Å². The quantitative estimate of drug-likeness (QED) is 0.606. The summed E-state index contributed by atoms with van der Waals surface area (Å²) in [4.78, 5) is 0. The fraction of sp³-hybridized carbons (Fsp3) is 0.235. The Morgan fingerprint density at radius 1 is 1.14 bits per heavy atom. The van der Waals surface area contributed by atoms with Crippen molar-refractivity contribution in [2.45, 2.75) is 12.7 Å². The predicted molar refractivity (Wildman–Crippen MR) is 98.0 cm³/mol. The second-order valence-corrected chi connectivity index (χ2v) is 6.35. The van der Waals surface area contributed by atoms with Crippen molar-refractivity contribution in [2.75, 3.05) is 17.6 Å². The van der Waals surface area contributed by atoms with E-state index in [2.05, 4.69) is 41.8 Å². The molecule has 0 saturated carbocycles. The van der Waals surface area contributed by atoms with Gasteiger partial charge in [0.15, 0.2) is 5.11 Å². The normalized spacial score (nSPS) is 10.3. The summed E-state index contributed by atoms with van der Waals surface area (Å²) in [5.41, 5.74) is 3.08. The van der Waals surface area contributed by atoms with Crippen LogP contribution in [-0.4, -0.2) is 17.4 Å². The lowest BCUT2D eigenvalue weighted by Gasteiger charge is -2.11. The third-order valence-corrected chi connectivity index (χ3v) is 4.43. The van der Waals surface area contributed by atoms with E-state index < -0.39 is 0 Å². The number of nitrogens with one attached hydrogen (secondary N) is 2. The first-order valence-electron chi connectivity index (χ1n) is 7.08. The van der Waals surface area contributed by atoms with Gasteiger partial charge < -0.3 is 10.6 Å². The highest BCUT2D eigenvalue weighted by Gasteiger charge is 2.02. The maximum absolute atomic E-state index is 13.5. The van der Waals surface area contributed by atoms with E-state index in [0.717, 1.165) is 18.1 Å². The van der Waals surface area contributed by atoms with Crippen LogP contribution in [0, 0.1) is 12.7 Å². The van der Waals surface area contributed by atoms with E-state index in [-0.39, 0.29) is 5.82 Å². The first-order chi connectivity index (χ1) is 10.7. The van der Waals surface area contributed by atoms with E-state index in [9.17, 15) is 4.39 Å². The Balaban J connectivity index is 1.65. The first-order valence-corrected chi connectivity index (χ1v) is 8.65. The lowest BCUT2D eigenvalue weighted by atomic mass is 10.1. The Labute approximate surface area is 140 Å². The maximum atomic E-state index is 13.5. The molecule has 0 aliphatic heterocycles. The van der Waals surface area contributed by atoms with E-state index >= 15 is 0 Å². The van der Waals surface area contributed by atoms with Gasteiger partial charge in [0.1, 0.15) is 5.82 Å². The average molecular weight is 334 g/mol. The number of benzene rings is 2. The molecule has 0 aliphatic rings. The van der Waals surface area contributed by atoms with Crippen LogP contribution >= 0.6 is 24.0 Å². The SMILES string of the molecule is Cc1ccccc1CSCCNC(=S)Nc1ccccc1F. The van der Waals surface area contributed by atoms with E-state index in [1.54, 1.807) is 18.2 Å². The molecule has 0 radical (unpaired) electrons. The third kappa shape index (κ3) is 5.31. The molecule has 5 heteroatoms. The van der Waals surface area contributed by atoms with Crippen LogP contribution in [0.25, 0.3) is 0 Å². The van der Waals surface area contributed by atoms with Gasteiger partial charge in [-0.05, 0) is 42.4 Å². The summed E-state index contributed by atoms with van der Waals surface area (Å²) in [6.07, 6.45) is 0. The first kappa shape index (κ1) is 16.8. The van der Waals surface area contributed by atoms with Gasteiger partial charge in [-0.25, -0.2) is 4.39 Å². The van der Waals surface area contributed by atoms with Crippen LogP contribution in [-0.2, 0) is 5.75 Å². The van der Waals surface area contributed by atoms with Gasteiger partial charge in [-0.15, -0.1) is 0 Å². The van der Waals surface area contributed by atoms with Gasteiger partial charge in [0.25, 0.3) is 0 Å². The van der Waals surface area contributed by atoms with Crippen molar-refractivity contribution >= 4 is 34.8 Å². The number of hydrogen-bond acceptors (Lipinski definition) is 2. The average Bonchev–Trinajstić information content (AvgIpc) is 2.51. The molecule has 2 nitrogen and oxygen atoms in total. The molecule has 0 unspecified atom stereocenters. The molecule has 0 fully saturated rings. The number of para-hydroxylation sites is 1. The standard InChI is InChI=1S/C17H19FN2S2/c1-13-6-2-3-7-14(13)12-22-11-10-19-17(21)20-16-9-5-4-8-15(16)18/h2-9H,10-12H2,1H3,(H2,19,20,21). The number of hydrogen-bond donors (Lipinski definition) is 2. The Morgan fingerprint density at radius 2 is 1.86 bits per heavy atom. The van der Waals surface area contributed by atoms with Crippen LogP contribution in [0.15, 0.2) is 48.5 Å². The summed E-state index contributed by atoms with van der Waals surface area (Å²) < 4.78 is 13.5. The third-order valence-electron chi connectivity index (χ3n) is 3.17. The monoisotopic (exact) mass is 334 g/mol. The molecule has 0 saturated heterocycles. The smallest absolute Gasteiger partial charge is 0.170 e. The van der Waals surface area contributed by atoms with E-state index in [1.807, 2.05) is 11.8 Å². The molecular weight excluding hydrogens is 315 g/mol. The fourth-order valence-electron chi connectivity index (χ4n) is 1.92. The summed E-state index contributed by atoms with van der Waals surface area (Å²) in [7, 11) is 0. The zero-order valence-corrected chi connectivity index (χ0v) is 14.1. The second-order valence-electron chi connectivity index (χ2n) is 4.84. The number of thiocarbonyl (C=S) groups is 1. The number of anilines is 1. The molecule has 0 bridgehead atoms. The minimum Gasteiger partial charge on any atom is -0.362 e. The van der Waals surface area contributed by atoms with E-state index in [4.69, 9.17) is 12.2 Å². The summed E-state index contributed by atoms with van der Waals surface area (Å²) in [6, 6.07) is 14.9. The summed E-state index contributed by atoms with van der Waals surface area (Å²) in [5, 5.41) is 6.40. The predicted octanol–water partition coefficient (Wildman–Crippen LogP) is 4.35. The molecule has 2 aromatic carbocycles. The van der Waals surface area contributed by atoms with Gasteiger partial charge in [0.05, 0.1) is 5.69 Å². The van der Waals surface area contributed by atoms with E-state index in [1.165, 1.54) is 17.2 Å². The van der Waals surface area contributed by atoms with Crippen molar-refractivity contribution in [1.29, 1.82) is 0 Å². The van der Waals surface area contributed by atoms with Crippen molar-refractivity contribution in [1.82, 2.24) is 5.32 Å². The Morgan fingerprint density at radius 3 is 2.64 bits per heavy atom. The summed E-state index contributed by atoms with van der Waals surface area (Å²) in [5.74, 6) is 1.62. The minimum atomic E-state index is -0.305. The van der Waals surface area contributed by atoms with Crippen molar-refractivity contribution < 1.29 is 4.39 Å². The molecule has 116 valence electrons. The van der Waals surface area contributed by atoms with Crippen molar-refractivity contribution in [2.24, 2.45) is 0 Å². The van der Waals surface area contributed by atoms with Crippen LogP contribution in [0.3, 0.4) is 0 Å². The molecule has 2 N–H and O–H groups in total. The van der Waals surface area contributed by atoms with Crippen LogP contribution in [0.5, 0.6) is 0 Å². The molecule has 0 amide bonds. The lowest BCUT2D eigenvalue weighted by molar-refractivity contribution is 0.632. The molecule has 0 aliphatic carbocycles. The molecule has 0 atom stereocenters. The highest BCUT2D eigenvalue weighted by molar-refractivity contribution is 7.98. The second kappa shape index (κ2) is 8.76. The fourth-order valence-corrected chi connectivity index (χ4v) is 3.07. The molecule has 2 rings (SSSR count). The zero-order valence-electron chi connectivity index (χ0n) is 12.4. The summed E-state index contributed by atoms with van der Waals surface area (Å²) >= 11 is 7.01. The Hall–Kier alpha value is -1.59. The molecule has 22 heavy (non-hydrogen) atoms. The number of aryl methyl sites for hydroxylation is 1. The van der Waals surface area contributed by atoms with Crippen LogP contribution in [0.4, 0.5) is 10.1 Å². The zero-order chi connectivity index (χ0) is 15.8. The Bertz CT molecular complexity index is 632. The van der Waals surface area contributed by atoms with Gasteiger partial charge >= 0.3 is 0 Å². The van der Waals surface area contributed by atoms with Gasteiger partial charge in [0, 0.05) is 18.1 Å². The van der Waals surface area contributed by atoms with Crippen molar-refractivity contribution in [3.63, 3.8) is 0 Å². The number of halogens is 1. The van der Waals surface area contributed by atoms with Gasteiger partial charge in [0.2, 0.25) is 0 Å². The molecule has 0 aromatic heterocycles. The number of thioether (sulfide) groups is 1. The van der Waals surface area contributed by atoms with Gasteiger partial charge in [-0.1, -0.05) is 36.4 Å². The van der Waals surface area contributed by atoms with E-state index in [0.29, 0.717) is 10.8 Å². The molecule has 2 aromatic rings. The topological polar surface area (TPSA) is 24.1 Å². The maximum Gasteiger partial charge on any atom is 0.170 e. The molecule has 0 spiro atoms. The highest BCUT2D eigenvalue weighted by atomic mass is 32.2.